The van der Waals surface area contributed by atoms with Crippen LogP contribution in [0.3, 0.4) is 0 Å². The molecule has 1 aromatic carbocycles. The van der Waals surface area contributed by atoms with E-state index in [1.165, 1.54) is 6.33 Å². The molecule has 0 bridgehead atoms. The van der Waals surface area contributed by atoms with Crippen LogP contribution in [0.1, 0.15) is 31.9 Å². The largest absolute Gasteiger partial charge is 0.460 e. The van der Waals surface area contributed by atoms with Crippen molar-refractivity contribution in [2.24, 2.45) is 0 Å². The number of hydrogen-bond donors (Lipinski definition) is 1. The third kappa shape index (κ3) is 3.71. The van der Waals surface area contributed by atoms with Gasteiger partial charge in [0.2, 0.25) is 5.95 Å². The van der Waals surface area contributed by atoms with Crippen LogP contribution in [0.25, 0.3) is 0 Å². The molecule has 132 valence electrons. The summed E-state index contributed by atoms with van der Waals surface area (Å²) >= 11 is 0. The molecule has 0 radical (unpaired) electrons. The van der Waals surface area contributed by atoms with Gasteiger partial charge in [0, 0.05) is 12.3 Å². The molecule has 1 atom stereocenters. The van der Waals surface area contributed by atoms with Gasteiger partial charge in [0.1, 0.15) is 19.0 Å². The Balaban J connectivity index is 1.83. The van der Waals surface area contributed by atoms with Crippen LogP contribution < -0.4 is 5.32 Å². The highest BCUT2D eigenvalue weighted by Crippen LogP contribution is 2.34. The fraction of sp³-hybridized carbons (Fsp3) is 0.389. The van der Waals surface area contributed by atoms with Crippen molar-refractivity contribution >= 4 is 11.9 Å². The van der Waals surface area contributed by atoms with Gasteiger partial charge in [0.25, 0.3) is 0 Å². The first-order valence-corrected chi connectivity index (χ1v) is 8.39. The number of allylic oxidation sites excluding steroid dienone is 1. The number of anilines is 1. The first-order chi connectivity index (χ1) is 12.2. The summed E-state index contributed by atoms with van der Waals surface area (Å²) in [5.74, 6) is 0.231. The van der Waals surface area contributed by atoms with Crippen LogP contribution in [0, 0.1) is 0 Å². The van der Waals surface area contributed by atoms with E-state index in [-0.39, 0.29) is 18.6 Å². The number of nitrogens with one attached hydrogen (secondary N) is 1. The van der Waals surface area contributed by atoms with Gasteiger partial charge in [-0.25, -0.2) is 9.48 Å². The number of carbonyl (C=O) groups is 1. The van der Waals surface area contributed by atoms with Crippen molar-refractivity contribution in [3.63, 3.8) is 0 Å². The molecule has 25 heavy (non-hydrogen) atoms. The van der Waals surface area contributed by atoms with E-state index in [4.69, 9.17) is 9.47 Å². The molecular weight excluding hydrogens is 320 g/mol. The SMILES string of the molecule is CCCOCCOC(=O)C1=C(C)Nc2ncnn2[C@@H]1c1ccccc1. The fourth-order valence-corrected chi connectivity index (χ4v) is 2.82. The first-order valence-electron chi connectivity index (χ1n) is 8.39. The Hall–Kier alpha value is -2.67. The summed E-state index contributed by atoms with van der Waals surface area (Å²) in [5, 5.41) is 7.40. The van der Waals surface area contributed by atoms with Crippen LogP contribution in [0.4, 0.5) is 5.95 Å². The number of nitrogens with zero attached hydrogens (tertiary/aromatic N) is 3. The number of ether oxygens (including phenoxy) is 2. The number of fused-ring (bicyclic) bond motifs is 1. The van der Waals surface area contributed by atoms with Gasteiger partial charge in [0.15, 0.2) is 0 Å². The maximum atomic E-state index is 12.7. The summed E-state index contributed by atoms with van der Waals surface area (Å²) in [6, 6.07) is 9.37. The number of hydrogen-bond acceptors (Lipinski definition) is 6. The zero-order valence-electron chi connectivity index (χ0n) is 14.4. The normalized spacial score (nSPS) is 16.3. The summed E-state index contributed by atoms with van der Waals surface area (Å²) in [6.07, 6.45) is 2.41. The van der Waals surface area contributed by atoms with E-state index < -0.39 is 0 Å². The number of benzene rings is 1. The predicted molar refractivity (Wildman–Crippen MR) is 93.0 cm³/mol. The Morgan fingerprint density at radius 3 is 2.80 bits per heavy atom. The van der Waals surface area contributed by atoms with Crippen LogP contribution in [0.5, 0.6) is 0 Å². The second-order valence-corrected chi connectivity index (χ2v) is 5.75. The van der Waals surface area contributed by atoms with Gasteiger partial charge in [-0.05, 0) is 18.9 Å². The second-order valence-electron chi connectivity index (χ2n) is 5.75. The average Bonchev–Trinajstić information content (AvgIpc) is 3.08. The summed E-state index contributed by atoms with van der Waals surface area (Å²) in [5.41, 5.74) is 2.19. The molecule has 0 unspecified atom stereocenters. The highest BCUT2D eigenvalue weighted by molar-refractivity contribution is 5.92. The molecule has 1 aromatic heterocycles. The third-order valence-electron chi connectivity index (χ3n) is 3.94. The molecule has 0 saturated heterocycles. The number of aromatic nitrogens is 3. The molecule has 1 N–H and O–H groups in total. The van der Waals surface area contributed by atoms with Crippen molar-refractivity contribution in [3.05, 3.63) is 53.5 Å². The number of carbonyl (C=O) groups excluding carboxylic acids is 1. The smallest absolute Gasteiger partial charge is 0.338 e. The van der Waals surface area contributed by atoms with E-state index in [1.807, 2.05) is 44.2 Å². The van der Waals surface area contributed by atoms with Crippen LogP contribution in [-0.4, -0.2) is 40.6 Å². The van der Waals surface area contributed by atoms with Crippen LogP contribution in [0.15, 0.2) is 47.9 Å². The molecule has 1 aliphatic rings. The van der Waals surface area contributed by atoms with E-state index in [0.717, 1.165) is 12.0 Å². The second kappa shape index (κ2) is 7.94. The van der Waals surface area contributed by atoms with E-state index in [2.05, 4.69) is 15.4 Å². The van der Waals surface area contributed by atoms with Gasteiger partial charge in [-0.3, -0.25) is 0 Å². The van der Waals surface area contributed by atoms with Crippen LogP contribution in [-0.2, 0) is 14.3 Å². The third-order valence-corrected chi connectivity index (χ3v) is 3.94. The summed E-state index contributed by atoms with van der Waals surface area (Å²) in [7, 11) is 0. The highest BCUT2D eigenvalue weighted by atomic mass is 16.6. The maximum absolute atomic E-state index is 12.7. The average molecular weight is 342 g/mol. The number of esters is 1. The topological polar surface area (TPSA) is 78.3 Å². The van der Waals surface area contributed by atoms with Gasteiger partial charge >= 0.3 is 5.97 Å². The predicted octanol–water partition coefficient (Wildman–Crippen LogP) is 2.54. The van der Waals surface area contributed by atoms with Gasteiger partial charge in [-0.15, -0.1) is 0 Å². The van der Waals surface area contributed by atoms with Gasteiger partial charge in [-0.1, -0.05) is 37.3 Å². The summed E-state index contributed by atoms with van der Waals surface area (Å²) < 4.78 is 12.5. The Morgan fingerprint density at radius 1 is 1.24 bits per heavy atom. The molecule has 1 aliphatic heterocycles. The lowest BCUT2D eigenvalue weighted by molar-refractivity contribution is -0.141. The zero-order valence-corrected chi connectivity index (χ0v) is 14.4. The van der Waals surface area contributed by atoms with Crippen molar-refractivity contribution in [3.8, 4) is 0 Å². The molecule has 7 nitrogen and oxygen atoms in total. The molecule has 2 heterocycles. The van der Waals surface area contributed by atoms with Crippen molar-refractivity contribution < 1.29 is 14.3 Å². The summed E-state index contributed by atoms with van der Waals surface area (Å²) in [6.45, 7) is 5.16. The molecule has 2 aromatic rings. The fourth-order valence-electron chi connectivity index (χ4n) is 2.82. The minimum Gasteiger partial charge on any atom is -0.460 e. The highest BCUT2D eigenvalue weighted by Gasteiger charge is 2.34. The van der Waals surface area contributed by atoms with Crippen LogP contribution >= 0.6 is 0 Å². The lowest BCUT2D eigenvalue weighted by Crippen LogP contribution is -2.30. The zero-order chi connectivity index (χ0) is 17.6. The van der Waals surface area contributed by atoms with Crippen molar-refractivity contribution in [2.45, 2.75) is 26.3 Å². The monoisotopic (exact) mass is 342 g/mol. The quantitative estimate of drug-likeness (QED) is 0.615. The van der Waals surface area contributed by atoms with Crippen molar-refractivity contribution in [2.75, 3.05) is 25.1 Å². The van der Waals surface area contributed by atoms with Crippen molar-refractivity contribution in [1.29, 1.82) is 0 Å². The summed E-state index contributed by atoms with van der Waals surface area (Å²) in [4.78, 5) is 16.9. The minimum absolute atomic E-state index is 0.224. The van der Waals surface area contributed by atoms with E-state index >= 15 is 0 Å². The Morgan fingerprint density at radius 2 is 2.04 bits per heavy atom. The van der Waals surface area contributed by atoms with Gasteiger partial charge < -0.3 is 14.8 Å². The standard InChI is InChI=1S/C18H22N4O3/c1-3-9-24-10-11-25-17(23)15-13(2)21-18-19-12-20-22(18)16(15)14-7-5-4-6-8-14/h4-8,12,16H,3,9-11H2,1-2H3,(H,19,20,21)/t16-/m1/s1. The van der Waals surface area contributed by atoms with Gasteiger partial charge in [0.05, 0.1) is 12.2 Å². The Kier molecular flexibility index (Phi) is 5.45. The van der Waals surface area contributed by atoms with Crippen LogP contribution in [0.2, 0.25) is 0 Å². The molecule has 0 fully saturated rings. The lowest BCUT2D eigenvalue weighted by Gasteiger charge is -2.28. The Labute approximate surface area is 146 Å². The molecule has 3 rings (SSSR count). The molecule has 0 aliphatic carbocycles. The van der Waals surface area contributed by atoms with E-state index in [9.17, 15) is 4.79 Å². The van der Waals surface area contributed by atoms with E-state index in [0.29, 0.717) is 30.4 Å². The van der Waals surface area contributed by atoms with Gasteiger partial charge in [-0.2, -0.15) is 10.1 Å². The molecule has 0 spiro atoms. The molecule has 0 amide bonds. The molecule has 0 saturated carbocycles. The molecule has 7 heteroatoms. The minimum atomic E-state index is -0.375. The lowest BCUT2D eigenvalue weighted by atomic mass is 9.96. The maximum Gasteiger partial charge on any atom is 0.338 e. The van der Waals surface area contributed by atoms with Crippen molar-refractivity contribution in [1.82, 2.24) is 14.8 Å². The van der Waals surface area contributed by atoms with E-state index in [1.54, 1.807) is 4.68 Å². The molecular formula is C18H22N4O3. The Bertz CT molecular complexity index is 755. The first kappa shape index (κ1) is 17.2. The number of rotatable bonds is 7.